The van der Waals surface area contributed by atoms with Crippen LogP contribution in [0.25, 0.3) is 0 Å². The Hall–Kier alpha value is -1.05. The van der Waals surface area contributed by atoms with Crippen LogP contribution in [0.15, 0.2) is 24.3 Å². The maximum atomic E-state index is 13.0. The third kappa shape index (κ3) is 2.02. The van der Waals surface area contributed by atoms with Crippen molar-refractivity contribution in [1.29, 1.82) is 0 Å². The predicted molar refractivity (Wildman–Crippen MR) is 89.3 cm³/mol. The molecule has 0 amide bonds. The van der Waals surface area contributed by atoms with Crippen molar-refractivity contribution in [2.45, 2.75) is 71.8 Å². The molecule has 0 unspecified atom stereocenters. The predicted octanol–water partition coefficient (Wildman–Crippen LogP) is 5.05. The van der Waals surface area contributed by atoms with E-state index in [1.807, 2.05) is 6.08 Å². The van der Waals surface area contributed by atoms with E-state index in [4.69, 9.17) is 4.74 Å². The number of hydrogen-bond acceptors (Lipinski definition) is 2. The fourth-order valence-corrected chi connectivity index (χ4v) is 5.76. The number of carbonyl (C=O) groups is 1. The first-order chi connectivity index (χ1) is 10.3. The first-order valence-corrected chi connectivity index (χ1v) is 8.79. The molecule has 0 aromatic rings. The molecule has 0 N–H and O–H groups in total. The summed E-state index contributed by atoms with van der Waals surface area (Å²) in [5, 5.41) is 0. The van der Waals surface area contributed by atoms with Crippen molar-refractivity contribution in [3.63, 3.8) is 0 Å². The van der Waals surface area contributed by atoms with Crippen LogP contribution in [0.5, 0.6) is 0 Å². The van der Waals surface area contributed by atoms with Crippen LogP contribution in [-0.4, -0.2) is 11.6 Å². The topological polar surface area (TPSA) is 26.3 Å². The standard InChI is InChI=1S/C20H30O2/c1-6-14(2)8-9-16-19(5)13-10-15-18(3,4)11-7-12-20(15,16)17(21)22-19/h6,8,15-16H,1,7,9-13H2,2-5H3/b14-8+/t15-,16-,19-,20+/m0/s1. The van der Waals surface area contributed by atoms with Gasteiger partial charge in [0.15, 0.2) is 0 Å². The molecule has 0 radical (unpaired) electrons. The zero-order chi connectivity index (χ0) is 16.2. The molecule has 1 heterocycles. The minimum Gasteiger partial charge on any atom is -0.459 e. The molecule has 2 nitrogen and oxygen atoms in total. The Balaban J connectivity index is 2.03. The molecule has 1 saturated heterocycles. The number of rotatable bonds is 3. The van der Waals surface area contributed by atoms with Gasteiger partial charge in [-0.25, -0.2) is 0 Å². The second-order valence-electron chi connectivity index (χ2n) is 8.62. The van der Waals surface area contributed by atoms with Crippen LogP contribution in [0.3, 0.4) is 0 Å². The van der Waals surface area contributed by atoms with E-state index in [1.54, 1.807) is 0 Å². The summed E-state index contributed by atoms with van der Waals surface area (Å²) in [6, 6.07) is 0. The first-order valence-electron chi connectivity index (χ1n) is 8.79. The number of hydrogen-bond donors (Lipinski definition) is 0. The Labute approximate surface area is 135 Å². The van der Waals surface area contributed by atoms with Gasteiger partial charge >= 0.3 is 5.97 Å². The number of esters is 1. The second kappa shape index (κ2) is 4.97. The molecule has 2 heteroatoms. The minimum atomic E-state index is -0.265. The average molecular weight is 302 g/mol. The molecular weight excluding hydrogens is 272 g/mol. The van der Waals surface area contributed by atoms with Crippen LogP contribution in [-0.2, 0) is 9.53 Å². The summed E-state index contributed by atoms with van der Waals surface area (Å²) in [5.74, 6) is 0.889. The van der Waals surface area contributed by atoms with Crippen LogP contribution >= 0.6 is 0 Å². The monoisotopic (exact) mass is 302 g/mol. The van der Waals surface area contributed by atoms with Gasteiger partial charge in [-0.2, -0.15) is 0 Å². The summed E-state index contributed by atoms with van der Waals surface area (Å²) in [7, 11) is 0. The van der Waals surface area contributed by atoms with Crippen LogP contribution < -0.4 is 0 Å². The van der Waals surface area contributed by atoms with Crippen molar-refractivity contribution in [2.75, 3.05) is 0 Å². The summed E-state index contributed by atoms with van der Waals surface area (Å²) >= 11 is 0. The van der Waals surface area contributed by atoms with Crippen LogP contribution in [0.2, 0.25) is 0 Å². The molecule has 4 atom stereocenters. The molecule has 1 aliphatic heterocycles. The highest BCUT2D eigenvalue weighted by molar-refractivity contribution is 5.81. The smallest absolute Gasteiger partial charge is 0.313 e. The Morgan fingerprint density at radius 1 is 1.32 bits per heavy atom. The van der Waals surface area contributed by atoms with Crippen molar-refractivity contribution in [1.82, 2.24) is 0 Å². The van der Waals surface area contributed by atoms with Gasteiger partial charge in [0.1, 0.15) is 5.60 Å². The van der Waals surface area contributed by atoms with Crippen LogP contribution in [0, 0.1) is 22.7 Å². The fourth-order valence-electron chi connectivity index (χ4n) is 5.76. The van der Waals surface area contributed by atoms with E-state index in [0.29, 0.717) is 11.8 Å². The zero-order valence-electron chi connectivity index (χ0n) is 14.6. The molecule has 22 heavy (non-hydrogen) atoms. The Kier molecular flexibility index (Phi) is 3.58. The fraction of sp³-hybridized carbons (Fsp3) is 0.750. The van der Waals surface area contributed by atoms with Gasteiger partial charge in [0.2, 0.25) is 0 Å². The lowest BCUT2D eigenvalue weighted by atomic mass is 9.46. The number of allylic oxidation sites excluding steroid dienone is 3. The number of fused-ring (bicyclic) bond motifs is 1. The summed E-state index contributed by atoms with van der Waals surface area (Å²) < 4.78 is 6.01. The van der Waals surface area contributed by atoms with Gasteiger partial charge in [0.05, 0.1) is 5.41 Å². The largest absolute Gasteiger partial charge is 0.459 e. The van der Waals surface area contributed by atoms with Gasteiger partial charge < -0.3 is 4.74 Å². The third-order valence-electron chi connectivity index (χ3n) is 6.97. The van der Waals surface area contributed by atoms with Crippen LogP contribution in [0.1, 0.15) is 66.2 Å². The summed E-state index contributed by atoms with van der Waals surface area (Å²) in [6.45, 7) is 12.8. The first kappa shape index (κ1) is 15.8. The molecule has 2 aliphatic carbocycles. The van der Waals surface area contributed by atoms with Crippen LogP contribution in [0.4, 0.5) is 0 Å². The molecule has 122 valence electrons. The van der Waals surface area contributed by atoms with E-state index in [0.717, 1.165) is 32.1 Å². The number of carbonyl (C=O) groups excluding carboxylic acids is 1. The zero-order valence-corrected chi connectivity index (χ0v) is 14.6. The Morgan fingerprint density at radius 2 is 2.05 bits per heavy atom. The molecule has 0 aromatic heterocycles. The second-order valence-corrected chi connectivity index (χ2v) is 8.62. The normalized spacial score (nSPS) is 43.5. The summed E-state index contributed by atoms with van der Waals surface area (Å²) in [6.07, 6.45) is 10.6. The van der Waals surface area contributed by atoms with E-state index < -0.39 is 0 Å². The van der Waals surface area contributed by atoms with Gasteiger partial charge in [0, 0.05) is 5.92 Å². The summed E-state index contributed by atoms with van der Waals surface area (Å²) in [4.78, 5) is 13.0. The lowest BCUT2D eigenvalue weighted by Crippen LogP contribution is -2.55. The van der Waals surface area contributed by atoms with E-state index in [1.165, 1.54) is 12.0 Å². The maximum absolute atomic E-state index is 13.0. The van der Waals surface area contributed by atoms with E-state index in [9.17, 15) is 4.79 Å². The molecule has 3 aliphatic rings. The molecule has 2 saturated carbocycles. The van der Waals surface area contributed by atoms with Gasteiger partial charge in [-0.15, -0.1) is 0 Å². The van der Waals surface area contributed by atoms with Crippen molar-refractivity contribution in [3.05, 3.63) is 24.3 Å². The number of ether oxygens (including phenoxy) is 1. The van der Waals surface area contributed by atoms with Gasteiger partial charge in [-0.05, 0) is 57.3 Å². The highest BCUT2D eigenvalue weighted by Crippen LogP contribution is 2.67. The quantitative estimate of drug-likeness (QED) is 0.539. The highest BCUT2D eigenvalue weighted by Gasteiger charge is 2.70. The molecule has 1 spiro atoms. The lowest BCUT2D eigenvalue weighted by Gasteiger charge is -2.55. The summed E-state index contributed by atoms with van der Waals surface area (Å²) in [5.41, 5.74) is 0.938. The van der Waals surface area contributed by atoms with E-state index >= 15 is 0 Å². The Bertz CT molecular complexity index is 530. The average Bonchev–Trinajstić information content (AvgIpc) is 2.55. The highest BCUT2D eigenvalue weighted by atomic mass is 16.6. The van der Waals surface area contributed by atoms with Crippen molar-refractivity contribution < 1.29 is 9.53 Å². The molecule has 0 aromatic carbocycles. The van der Waals surface area contributed by atoms with E-state index in [-0.39, 0.29) is 22.4 Å². The van der Waals surface area contributed by atoms with Crippen molar-refractivity contribution in [2.24, 2.45) is 22.7 Å². The van der Waals surface area contributed by atoms with Gasteiger partial charge in [-0.3, -0.25) is 4.79 Å². The minimum absolute atomic E-state index is 0.0972. The van der Waals surface area contributed by atoms with Crippen molar-refractivity contribution in [3.8, 4) is 0 Å². The lowest BCUT2D eigenvalue weighted by molar-refractivity contribution is -0.156. The van der Waals surface area contributed by atoms with Gasteiger partial charge in [-0.1, -0.05) is 44.6 Å². The molecule has 3 rings (SSSR count). The van der Waals surface area contributed by atoms with E-state index in [2.05, 4.69) is 40.3 Å². The SMILES string of the molecule is C=C/C(C)=C/C[C@@H]1[C@@]23CCCC(C)(C)[C@@H]2CC[C@]1(C)OC3=O. The molecular formula is C20H30O2. The Morgan fingerprint density at radius 3 is 2.73 bits per heavy atom. The van der Waals surface area contributed by atoms with Crippen molar-refractivity contribution >= 4 is 5.97 Å². The molecule has 3 fully saturated rings. The van der Waals surface area contributed by atoms with Gasteiger partial charge in [0.25, 0.3) is 0 Å². The third-order valence-corrected chi connectivity index (χ3v) is 6.97. The maximum Gasteiger partial charge on any atom is 0.313 e. The molecule has 2 bridgehead atoms.